The van der Waals surface area contributed by atoms with E-state index in [4.69, 9.17) is 10.5 Å². The molecule has 2 aromatic rings. The van der Waals surface area contributed by atoms with Gasteiger partial charge in [0.2, 0.25) is 5.91 Å². The van der Waals surface area contributed by atoms with Gasteiger partial charge < -0.3 is 20.5 Å². The predicted octanol–water partition coefficient (Wildman–Crippen LogP) is 2.79. The number of halogens is 1. The Labute approximate surface area is 148 Å². The van der Waals surface area contributed by atoms with Crippen molar-refractivity contribution in [1.82, 2.24) is 4.90 Å². The number of phenolic OH excluding ortho intramolecular Hbond substituents is 1. The third-order valence-electron chi connectivity index (χ3n) is 3.74. The van der Waals surface area contributed by atoms with Crippen LogP contribution in [0.4, 0.5) is 0 Å². The molecule has 5 nitrogen and oxygen atoms in total. The Morgan fingerprint density at radius 3 is 2.46 bits per heavy atom. The summed E-state index contributed by atoms with van der Waals surface area (Å²) in [5.41, 5.74) is 8.83. The SMILES string of the molecule is COc1cc(CN(C)C(=O)C(N)c2ccc(C)cc2)ccc1O.Cl. The molecule has 2 rings (SSSR count). The van der Waals surface area contributed by atoms with Crippen molar-refractivity contribution in [2.75, 3.05) is 14.2 Å². The molecule has 0 spiro atoms. The highest BCUT2D eigenvalue weighted by Gasteiger charge is 2.20. The molecule has 1 amide bonds. The lowest BCUT2D eigenvalue weighted by Gasteiger charge is -2.22. The number of rotatable bonds is 5. The summed E-state index contributed by atoms with van der Waals surface area (Å²) in [6.07, 6.45) is 0. The monoisotopic (exact) mass is 350 g/mol. The van der Waals surface area contributed by atoms with Gasteiger partial charge in [-0.1, -0.05) is 35.9 Å². The molecule has 1 unspecified atom stereocenters. The van der Waals surface area contributed by atoms with Crippen LogP contribution in [0.1, 0.15) is 22.7 Å². The van der Waals surface area contributed by atoms with E-state index in [2.05, 4.69) is 0 Å². The van der Waals surface area contributed by atoms with E-state index < -0.39 is 6.04 Å². The highest BCUT2D eigenvalue weighted by Crippen LogP contribution is 2.27. The molecule has 3 N–H and O–H groups in total. The molecular weight excluding hydrogens is 328 g/mol. The molecule has 0 saturated carbocycles. The number of benzene rings is 2. The van der Waals surface area contributed by atoms with Gasteiger partial charge in [0.1, 0.15) is 6.04 Å². The first-order valence-electron chi connectivity index (χ1n) is 7.35. The molecule has 130 valence electrons. The molecule has 2 aromatic carbocycles. The van der Waals surface area contributed by atoms with Crippen molar-refractivity contribution < 1.29 is 14.6 Å². The van der Waals surface area contributed by atoms with E-state index in [1.54, 1.807) is 30.1 Å². The largest absolute Gasteiger partial charge is 0.504 e. The minimum Gasteiger partial charge on any atom is -0.504 e. The van der Waals surface area contributed by atoms with E-state index in [1.165, 1.54) is 7.11 Å². The third kappa shape index (κ3) is 4.63. The molecule has 0 aliphatic rings. The number of ether oxygens (including phenoxy) is 1. The number of amides is 1. The van der Waals surface area contributed by atoms with E-state index in [1.807, 2.05) is 31.2 Å². The van der Waals surface area contributed by atoms with E-state index in [0.717, 1.165) is 16.7 Å². The number of nitrogens with two attached hydrogens (primary N) is 1. The zero-order valence-corrected chi connectivity index (χ0v) is 14.8. The van der Waals surface area contributed by atoms with E-state index in [0.29, 0.717) is 12.3 Å². The Morgan fingerprint density at radius 2 is 1.88 bits per heavy atom. The molecular formula is C18H23ClN2O3. The van der Waals surface area contributed by atoms with Crippen LogP contribution in [0.2, 0.25) is 0 Å². The summed E-state index contributed by atoms with van der Waals surface area (Å²) in [6, 6.07) is 11.9. The lowest BCUT2D eigenvalue weighted by atomic mass is 10.0. The minimum absolute atomic E-state index is 0. The summed E-state index contributed by atoms with van der Waals surface area (Å²) in [5, 5.41) is 9.61. The van der Waals surface area contributed by atoms with Gasteiger partial charge in [0.25, 0.3) is 0 Å². The number of carbonyl (C=O) groups is 1. The quantitative estimate of drug-likeness (QED) is 0.869. The highest BCUT2D eigenvalue weighted by atomic mass is 35.5. The van der Waals surface area contributed by atoms with Crippen molar-refractivity contribution in [2.45, 2.75) is 19.5 Å². The smallest absolute Gasteiger partial charge is 0.244 e. The van der Waals surface area contributed by atoms with Gasteiger partial charge in [0, 0.05) is 13.6 Å². The van der Waals surface area contributed by atoms with Crippen LogP contribution >= 0.6 is 12.4 Å². The van der Waals surface area contributed by atoms with Crippen LogP contribution in [0.3, 0.4) is 0 Å². The van der Waals surface area contributed by atoms with Crippen molar-refractivity contribution in [3.63, 3.8) is 0 Å². The topological polar surface area (TPSA) is 75.8 Å². The van der Waals surface area contributed by atoms with Crippen LogP contribution < -0.4 is 10.5 Å². The molecule has 0 saturated heterocycles. The van der Waals surface area contributed by atoms with Crippen LogP contribution in [-0.2, 0) is 11.3 Å². The van der Waals surface area contributed by atoms with Gasteiger partial charge in [-0.3, -0.25) is 4.79 Å². The minimum atomic E-state index is -0.695. The summed E-state index contributed by atoms with van der Waals surface area (Å²) in [7, 11) is 3.19. The Balaban J connectivity index is 0.00000288. The van der Waals surface area contributed by atoms with Crippen molar-refractivity contribution in [3.05, 3.63) is 59.2 Å². The van der Waals surface area contributed by atoms with Crippen LogP contribution in [0.5, 0.6) is 11.5 Å². The van der Waals surface area contributed by atoms with Crippen LogP contribution in [0.25, 0.3) is 0 Å². The standard InChI is InChI=1S/C18H22N2O3.ClH/c1-12-4-7-14(8-5-12)17(19)18(22)20(2)11-13-6-9-15(21)16(10-13)23-3;/h4-10,17,21H,11,19H2,1-3H3;1H. The van der Waals surface area contributed by atoms with Crippen molar-refractivity contribution >= 4 is 18.3 Å². The van der Waals surface area contributed by atoms with E-state index in [9.17, 15) is 9.90 Å². The first-order valence-corrected chi connectivity index (χ1v) is 7.35. The maximum Gasteiger partial charge on any atom is 0.244 e. The zero-order valence-electron chi connectivity index (χ0n) is 14.0. The summed E-state index contributed by atoms with van der Waals surface area (Å²) < 4.78 is 5.08. The fourth-order valence-electron chi connectivity index (χ4n) is 2.33. The maximum absolute atomic E-state index is 12.5. The second-order valence-electron chi connectivity index (χ2n) is 5.59. The Morgan fingerprint density at radius 1 is 1.25 bits per heavy atom. The molecule has 0 radical (unpaired) electrons. The number of hydrogen-bond donors (Lipinski definition) is 2. The molecule has 0 aromatic heterocycles. The lowest BCUT2D eigenvalue weighted by molar-refractivity contribution is -0.131. The Kier molecular flexibility index (Phi) is 7.07. The molecule has 1 atom stereocenters. The zero-order chi connectivity index (χ0) is 17.0. The molecule has 0 heterocycles. The molecule has 0 aliphatic carbocycles. The number of phenols is 1. The normalized spacial score (nSPS) is 11.3. The van der Waals surface area contributed by atoms with Crippen molar-refractivity contribution in [3.8, 4) is 11.5 Å². The average Bonchev–Trinajstić information content (AvgIpc) is 2.55. The highest BCUT2D eigenvalue weighted by molar-refractivity contribution is 5.85. The van der Waals surface area contributed by atoms with Gasteiger partial charge in [-0.2, -0.15) is 0 Å². The van der Waals surface area contributed by atoms with Gasteiger partial charge in [-0.15, -0.1) is 12.4 Å². The molecule has 0 bridgehead atoms. The number of aryl methyl sites for hydroxylation is 1. The van der Waals surface area contributed by atoms with Gasteiger partial charge >= 0.3 is 0 Å². The summed E-state index contributed by atoms with van der Waals surface area (Å²) >= 11 is 0. The number of aromatic hydroxyl groups is 1. The first kappa shape index (κ1) is 19.8. The van der Waals surface area contributed by atoms with Crippen molar-refractivity contribution in [2.24, 2.45) is 5.73 Å². The molecule has 0 aliphatic heterocycles. The number of likely N-dealkylation sites (N-methyl/N-ethyl adjacent to an activating group) is 1. The third-order valence-corrected chi connectivity index (χ3v) is 3.74. The summed E-state index contributed by atoms with van der Waals surface area (Å²) in [4.78, 5) is 14.0. The summed E-state index contributed by atoms with van der Waals surface area (Å²) in [6.45, 7) is 2.37. The van der Waals surface area contributed by atoms with Crippen molar-refractivity contribution in [1.29, 1.82) is 0 Å². The predicted molar refractivity (Wildman–Crippen MR) is 96.5 cm³/mol. The Hall–Kier alpha value is -2.24. The van der Waals surface area contributed by atoms with Gasteiger partial charge in [-0.05, 0) is 30.2 Å². The summed E-state index contributed by atoms with van der Waals surface area (Å²) in [5.74, 6) is 0.286. The first-order chi connectivity index (χ1) is 10.9. The second kappa shape index (κ2) is 8.57. The van der Waals surface area contributed by atoms with Gasteiger partial charge in [0.05, 0.1) is 7.11 Å². The number of carbonyl (C=O) groups excluding carboxylic acids is 1. The van der Waals surface area contributed by atoms with Gasteiger partial charge in [-0.25, -0.2) is 0 Å². The van der Waals surface area contributed by atoms with Crippen LogP contribution in [0, 0.1) is 6.92 Å². The maximum atomic E-state index is 12.5. The van der Waals surface area contributed by atoms with Crippen LogP contribution in [0.15, 0.2) is 42.5 Å². The molecule has 0 fully saturated rings. The average molecular weight is 351 g/mol. The molecule has 6 heteroatoms. The number of nitrogens with zero attached hydrogens (tertiary/aromatic N) is 1. The number of methoxy groups -OCH3 is 1. The van der Waals surface area contributed by atoms with Gasteiger partial charge in [0.15, 0.2) is 11.5 Å². The Bertz CT molecular complexity index is 689. The fraction of sp³-hybridized carbons (Fsp3) is 0.278. The second-order valence-corrected chi connectivity index (χ2v) is 5.59. The fourth-order valence-corrected chi connectivity index (χ4v) is 2.33. The lowest BCUT2D eigenvalue weighted by Crippen LogP contribution is -2.35. The van der Waals surface area contributed by atoms with Crippen LogP contribution in [-0.4, -0.2) is 30.1 Å². The van der Waals surface area contributed by atoms with E-state index >= 15 is 0 Å². The van der Waals surface area contributed by atoms with E-state index in [-0.39, 0.29) is 24.1 Å². The number of hydrogen-bond acceptors (Lipinski definition) is 4. The molecule has 24 heavy (non-hydrogen) atoms.